The number of anilines is 1. The molecule has 2 aromatic rings. The number of carbonyl (C=O) groups is 1. The van der Waals surface area contributed by atoms with E-state index in [2.05, 4.69) is 10.6 Å². The Labute approximate surface area is 185 Å². The third-order valence-electron chi connectivity index (χ3n) is 4.20. The van der Waals surface area contributed by atoms with E-state index in [-0.39, 0.29) is 31.0 Å². The lowest BCUT2D eigenvalue weighted by Crippen LogP contribution is -2.20. The van der Waals surface area contributed by atoms with Gasteiger partial charge in [0.25, 0.3) is 5.91 Å². The van der Waals surface area contributed by atoms with Gasteiger partial charge in [-0.25, -0.2) is 0 Å². The maximum atomic E-state index is 12.1. The summed E-state index contributed by atoms with van der Waals surface area (Å²) in [7, 11) is 1.59. The van der Waals surface area contributed by atoms with E-state index in [1.54, 1.807) is 7.11 Å². The number of nitrogens with one attached hydrogen (secondary N) is 2. The van der Waals surface area contributed by atoms with Crippen LogP contribution in [0.2, 0.25) is 0 Å². The summed E-state index contributed by atoms with van der Waals surface area (Å²) < 4.78 is 16.6. The van der Waals surface area contributed by atoms with Crippen molar-refractivity contribution in [2.24, 2.45) is 0 Å². The summed E-state index contributed by atoms with van der Waals surface area (Å²) in [6, 6.07) is 13.3. The van der Waals surface area contributed by atoms with Crippen molar-refractivity contribution in [3.8, 4) is 11.5 Å². The van der Waals surface area contributed by atoms with Gasteiger partial charge in [-0.05, 0) is 63.6 Å². The first kappa shape index (κ1) is 25.8. The molecule has 0 saturated carbocycles. The van der Waals surface area contributed by atoms with E-state index in [0.29, 0.717) is 11.5 Å². The Morgan fingerprint density at radius 1 is 1.07 bits per heavy atom. The van der Waals surface area contributed by atoms with E-state index in [4.69, 9.17) is 14.2 Å². The smallest absolute Gasteiger partial charge is 0.262 e. The summed E-state index contributed by atoms with van der Waals surface area (Å²) in [5.74, 6) is 0.932. The molecule has 0 fully saturated rings. The van der Waals surface area contributed by atoms with Crippen LogP contribution in [-0.4, -0.2) is 38.9 Å². The summed E-state index contributed by atoms with van der Waals surface area (Å²) in [6.07, 6.45) is 1.23. The number of amides is 1. The quantitative estimate of drug-likeness (QED) is 0.484. The van der Waals surface area contributed by atoms with Crippen LogP contribution in [0.1, 0.15) is 31.4 Å². The Balaban J connectivity index is 0.00000450. The first-order valence-electron chi connectivity index (χ1n) is 9.96. The van der Waals surface area contributed by atoms with Gasteiger partial charge in [-0.15, -0.1) is 12.4 Å². The van der Waals surface area contributed by atoms with Gasteiger partial charge in [0.1, 0.15) is 0 Å². The molecular weight excluding hydrogens is 404 g/mol. The number of methoxy groups -OCH3 is 1. The highest BCUT2D eigenvalue weighted by atomic mass is 35.5. The fourth-order valence-corrected chi connectivity index (χ4v) is 2.67. The average molecular weight is 437 g/mol. The van der Waals surface area contributed by atoms with Crippen molar-refractivity contribution in [2.45, 2.75) is 39.8 Å². The van der Waals surface area contributed by atoms with Crippen molar-refractivity contribution in [3.05, 3.63) is 53.6 Å². The lowest BCUT2D eigenvalue weighted by molar-refractivity contribution is -0.118. The highest BCUT2D eigenvalue weighted by Gasteiger charge is 2.09. The second-order valence-electron chi connectivity index (χ2n) is 7.14. The Morgan fingerprint density at radius 2 is 1.80 bits per heavy atom. The Hall–Kier alpha value is -2.28. The molecule has 6 nitrogen and oxygen atoms in total. The number of aryl methyl sites for hydroxylation is 1. The maximum absolute atomic E-state index is 12.1. The molecule has 2 aromatic carbocycles. The molecule has 2 N–H and O–H groups in total. The lowest BCUT2D eigenvalue weighted by atomic mass is 10.2. The minimum atomic E-state index is -0.217. The first-order chi connectivity index (χ1) is 14.0. The van der Waals surface area contributed by atoms with Crippen molar-refractivity contribution in [2.75, 3.05) is 32.2 Å². The van der Waals surface area contributed by atoms with Crippen molar-refractivity contribution in [1.82, 2.24) is 5.32 Å². The molecule has 0 aliphatic rings. The van der Waals surface area contributed by atoms with Gasteiger partial charge in [-0.3, -0.25) is 4.79 Å². The number of ether oxygens (including phenoxy) is 3. The van der Waals surface area contributed by atoms with E-state index in [1.165, 1.54) is 0 Å². The average Bonchev–Trinajstić information content (AvgIpc) is 2.70. The van der Waals surface area contributed by atoms with Gasteiger partial charge < -0.3 is 24.8 Å². The van der Waals surface area contributed by atoms with Crippen LogP contribution in [0.25, 0.3) is 0 Å². The highest BCUT2D eigenvalue weighted by Crippen LogP contribution is 2.28. The second kappa shape index (κ2) is 13.9. The standard InChI is InChI=1S/C23H32N2O4.ClH/c1-17(2)28-13-5-12-24-15-19-8-11-21(22(14-19)27-4)29-16-23(26)25-20-9-6-18(3)7-10-20;/h6-11,14,17,24H,5,12-13,15-16H2,1-4H3,(H,25,26);1H. The zero-order valence-electron chi connectivity index (χ0n) is 18.2. The summed E-state index contributed by atoms with van der Waals surface area (Å²) in [5.41, 5.74) is 2.97. The van der Waals surface area contributed by atoms with Crippen LogP contribution in [0, 0.1) is 6.92 Å². The minimum absolute atomic E-state index is 0. The van der Waals surface area contributed by atoms with Gasteiger partial charge in [0.2, 0.25) is 0 Å². The largest absolute Gasteiger partial charge is 0.493 e. The number of hydrogen-bond donors (Lipinski definition) is 2. The third-order valence-corrected chi connectivity index (χ3v) is 4.20. The topological polar surface area (TPSA) is 68.8 Å². The van der Waals surface area contributed by atoms with E-state index in [9.17, 15) is 4.79 Å². The molecule has 1 amide bonds. The zero-order valence-corrected chi connectivity index (χ0v) is 19.0. The van der Waals surface area contributed by atoms with Crippen LogP contribution >= 0.6 is 12.4 Å². The second-order valence-corrected chi connectivity index (χ2v) is 7.14. The number of halogens is 1. The monoisotopic (exact) mass is 436 g/mol. The van der Waals surface area contributed by atoms with Crippen LogP contribution in [0.15, 0.2) is 42.5 Å². The number of hydrogen-bond acceptors (Lipinski definition) is 5. The third kappa shape index (κ3) is 9.48. The molecule has 30 heavy (non-hydrogen) atoms. The van der Waals surface area contributed by atoms with Gasteiger partial charge >= 0.3 is 0 Å². The predicted octanol–water partition coefficient (Wildman–Crippen LogP) is 4.35. The number of carbonyl (C=O) groups excluding carboxylic acids is 1. The van der Waals surface area contributed by atoms with Gasteiger partial charge in [0.05, 0.1) is 13.2 Å². The van der Waals surface area contributed by atoms with Gasteiger partial charge in [0.15, 0.2) is 18.1 Å². The van der Waals surface area contributed by atoms with Gasteiger partial charge in [-0.1, -0.05) is 23.8 Å². The fraction of sp³-hybridized carbons (Fsp3) is 0.435. The molecule has 0 saturated heterocycles. The van der Waals surface area contributed by atoms with E-state index < -0.39 is 0 Å². The van der Waals surface area contributed by atoms with Crippen LogP contribution in [-0.2, 0) is 16.1 Å². The van der Waals surface area contributed by atoms with E-state index in [0.717, 1.165) is 42.9 Å². The molecule has 166 valence electrons. The van der Waals surface area contributed by atoms with Crippen molar-refractivity contribution in [1.29, 1.82) is 0 Å². The molecule has 0 aliphatic carbocycles. The van der Waals surface area contributed by atoms with Crippen LogP contribution in [0.5, 0.6) is 11.5 Å². The van der Waals surface area contributed by atoms with Crippen LogP contribution in [0.4, 0.5) is 5.69 Å². The normalized spacial score (nSPS) is 10.4. The Bertz CT molecular complexity index is 766. The number of benzene rings is 2. The maximum Gasteiger partial charge on any atom is 0.262 e. The SMILES string of the molecule is COc1cc(CNCCCOC(C)C)ccc1OCC(=O)Nc1ccc(C)cc1.Cl. The van der Waals surface area contributed by atoms with Crippen LogP contribution < -0.4 is 20.1 Å². The predicted molar refractivity (Wildman–Crippen MR) is 123 cm³/mol. The molecule has 0 bridgehead atoms. The van der Waals surface area contributed by atoms with E-state index in [1.807, 2.05) is 63.2 Å². The van der Waals surface area contributed by atoms with E-state index >= 15 is 0 Å². The van der Waals surface area contributed by atoms with Crippen molar-refractivity contribution >= 4 is 24.0 Å². The molecule has 0 heterocycles. The molecule has 0 radical (unpaired) electrons. The Morgan fingerprint density at radius 3 is 2.47 bits per heavy atom. The molecule has 0 atom stereocenters. The molecule has 0 spiro atoms. The molecular formula is C23H33ClN2O4. The van der Waals surface area contributed by atoms with Crippen molar-refractivity contribution in [3.63, 3.8) is 0 Å². The number of rotatable bonds is 12. The Kier molecular flexibility index (Phi) is 11.9. The first-order valence-corrected chi connectivity index (χ1v) is 9.96. The minimum Gasteiger partial charge on any atom is -0.493 e. The van der Waals surface area contributed by atoms with Crippen LogP contribution in [0.3, 0.4) is 0 Å². The van der Waals surface area contributed by atoms with Gasteiger partial charge in [-0.2, -0.15) is 0 Å². The molecule has 0 aliphatic heterocycles. The fourth-order valence-electron chi connectivity index (χ4n) is 2.67. The molecule has 2 rings (SSSR count). The van der Waals surface area contributed by atoms with Gasteiger partial charge in [0, 0.05) is 18.8 Å². The molecule has 7 heteroatoms. The lowest BCUT2D eigenvalue weighted by Gasteiger charge is -2.13. The summed E-state index contributed by atoms with van der Waals surface area (Å²) in [6.45, 7) is 8.36. The zero-order chi connectivity index (χ0) is 21.1. The molecule has 0 unspecified atom stereocenters. The summed E-state index contributed by atoms with van der Waals surface area (Å²) >= 11 is 0. The summed E-state index contributed by atoms with van der Waals surface area (Å²) in [4.78, 5) is 12.1. The molecule has 0 aromatic heterocycles. The van der Waals surface area contributed by atoms with Crippen molar-refractivity contribution < 1.29 is 19.0 Å². The highest BCUT2D eigenvalue weighted by molar-refractivity contribution is 5.91. The summed E-state index contributed by atoms with van der Waals surface area (Å²) in [5, 5.41) is 6.20.